The third kappa shape index (κ3) is 4.50. The van der Waals surface area contributed by atoms with Crippen LogP contribution in [0.4, 0.5) is 0 Å². The van der Waals surface area contributed by atoms with Gasteiger partial charge >= 0.3 is 5.97 Å². The fourth-order valence-electron chi connectivity index (χ4n) is 3.40. The van der Waals surface area contributed by atoms with Crippen molar-refractivity contribution >= 4 is 21.9 Å². The quantitative estimate of drug-likeness (QED) is 0.726. The van der Waals surface area contributed by atoms with Crippen LogP contribution in [-0.4, -0.2) is 79.5 Å². The van der Waals surface area contributed by atoms with E-state index in [1.54, 1.807) is 4.90 Å². The Hall–Kier alpha value is -1.91. The number of rotatable bonds is 5. The number of esters is 1. The lowest BCUT2D eigenvalue weighted by Crippen LogP contribution is -2.49. The third-order valence-electron chi connectivity index (χ3n) is 4.68. The summed E-state index contributed by atoms with van der Waals surface area (Å²) in [5, 5.41) is 0. The Morgan fingerprint density at radius 3 is 2.48 bits per heavy atom. The van der Waals surface area contributed by atoms with Crippen molar-refractivity contribution in [1.29, 1.82) is 0 Å². The lowest BCUT2D eigenvalue weighted by molar-refractivity contribution is -0.146. The van der Waals surface area contributed by atoms with E-state index in [2.05, 4.69) is 4.98 Å². The standard InChI is InChI=1S/C17H25N3O6S/c1-12-9-19(10-13(2)26-12)16(21)11-25-17(22)15-7-14(8-18-15)27(23,24)20-5-3-4-6-20/h7-8,12-13,18H,3-6,9-11H2,1-2H3. The molecule has 9 nitrogen and oxygen atoms in total. The molecule has 2 saturated heterocycles. The zero-order chi connectivity index (χ0) is 19.6. The molecule has 0 aliphatic carbocycles. The van der Waals surface area contributed by atoms with Crippen LogP contribution in [0.25, 0.3) is 0 Å². The highest BCUT2D eigenvalue weighted by atomic mass is 32.2. The topological polar surface area (TPSA) is 109 Å². The smallest absolute Gasteiger partial charge is 0.355 e. The molecular weight excluding hydrogens is 374 g/mol. The number of nitrogens with one attached hydrogen (secondary N) is 1. The molecule has 1 aromatic heterocycles. The first-order chi connectivity index (χ1) is 12.8. The van der Waals surface area contributed by atoms with Crippen LogP contribution in [0.1, 0.15) is 37.2 Å². The van der Waals surface area contributed by atoms with E-state index in [0.717, 1.165) is 12.8 Å². The zero-order valence-electron chi connectivity index (χ0n) is 15.5. The molecule has 10 heteroatoms. The summed E-state index contributed by atoms with van der Waals surface area (Å²) in [5.74, 6) is -1.07. The summed E-state index contributed by atoms with van der Waals surface area (Å²) in [7, 11) is -3.61. The molecule has 1 amide bonds. The number of H-pyrrole nitrogens is 1. The Labute approximate surface area is 158 Å². The molecule has 0 radical (unpaired) electrons. The van der Waals surface area contributed by atoms with Crippen LogP contribution in [0.15, 0.2) is 17.2 Å². The van der Waals surface area contributed by atoms with Crippen molar-refractivity contribution in [3.05, 3.63) is 18.0 Å². The summed E-state index contributed by atoms with van der Waals surface area (Å²) in [6, 6.07) is 1.25. The van der Waals surface area contributed by atoms with E-state index >= 15 is 0 Å². The Morgan fingerprint density at radius 1 is 1.22 bits per heavy atom. The number of hydrogen-bond donors (Lipinski definition) is 1. The van der Waals surface area contributed by atoms with E-state index in [-0.39, 0.29) is 28.7 Å². The number of sulfonamides is 1. The fourth-order valence-corrected chi connectivity index (χ4v) is 4.91. The normalized spacial score (nSPS) is 24.1. The highest BCUT2D eigenvalue weighted by molar-refractivity contribution is 7.89. The van der Waals surface area contributed by atoms with Crippen molar-refractivity contribution in [1.82, 2.24) is 14.2 Å². The second-order valence-corrected chi connectivity index (χ2v) is 8.93. The predicted molar refractivity (Wildman–Crippen MR) is 95.7 cm³/mol. The maximum atomic E-state index is 12.5. The van der Waals surface area contributed by atoms with E-state index in [1.165, 1.54) is 16.6 Å². The Balaban J connectivity index is 1.57. The van der Waals surface area contributed by atoms with Crippen LogP contribution in [0.2, 0.25) is 0 Å². The van der Waals surface area contributed by atoms with Crippen molar-refractivity contribution in [3.8, 4) is 0 Å². The van der Waals surface area contributed by atoms with Gasteiger partial charge < -0.3 is 19.4 Å². The fraction of sp³-hybridized carbons (Fsp3) is 0.647. The van der Waals surface area contributed by atoms with Gasteiger partial charge in [-0.05, 0) is 32.8 Å². The van der Waals surface area contributed by atoms with E-state index in [9.17, 15) is 18.0 Å². The van der Waals surface area contributed by atoms with Gasteiger partial charge in [0, 0.05) is 32.4 Å². The van der Waals surface area contributed by atoms with Gasteiger partial charge in [-0.1, -0.05) is 0 Å². The number of carbonyl (C=O) groups excluding carboxylic acids is 2. The van der Waals surface area contributed by atoms with Gasteiger partial charge in [0.05, 0.1) is 12.2 Å². The third-order valence-corrected chi connectivity index (χ3v) is 6.55. The van der Waals surface area contributed by atoms with Gasteiger partial charge in [0.25, 0.3) is 5.91 Å². The molecule has 1 N–H and O–H groups in total. The van der Waals surface area contributed by atoms with Gasteiger partial charge in [-0.25, -0.2) is 13.2 Å². The van der Waals surface area contributed by atoms with E-state index < -0.39 is 22.6 Å². The average molecular weight is 399 g/mol. The Kier molecular flexibility index (Phi) is 5.87. The number of hydrogen-bond acceptors (Lipinski definition) is 6. The highest BCUT2D eigenvalue weighted by Crippen LogP contribution is 2.21. The molecule has 0 saturated carbocycles. The molecule has 2 aliphatic rings. The number of morpholine rings is 1. The lowest BCUT2D eigenvalue weighted by atomic mass is 10.2. The molecule has 0 bridgehead atoms. The Morgan fingerprint density at radius 2 is 1.85 bits per heavy atom. The minimum absolute atomic E-state index is 0.00397. The molecule has 1 aromatic rings. The average Bonchev–Trinajstić information content (AvgIpc) is 3.30. The molecule has 2 aliphatic heterocycles. The first kappa shape index (κ1) is 19.8. The van der Waals surface area contributed by atoms with Gasteiger partial charge in [0.1, 0.15) is 10.6 Å². The lowest BCUT2D eigenvalue weighted by Gasteiger charge is -2.35. The largest absolute Gasteiger partial charge is 0.451 e. The van der Waals surface area contributed by atoms with E-state index in [4.69, 9.17) is 9.47 Å². The van der Waals surface area contributed by atoms with Crippen molar-refractivity contribution in [3.63, 3.8) is 0 Å². The van der Waals surface area contributed by atoms with Crippen LogP contribution < -0.4 is 0 Å². The second-order valence-electron chi connectivity index (χ2n) is 6.99. The van der Waals surface area contributed by atoms with Gasteiger partial charge in [0.15, 0.2) is 6.61 Å². The molecule has 0 aromatic carbocycles. The molecule has 2 atom stereocenters. The number of carbonyl (C=O) groups is 2. The summed E-state index contributed by atoms with van der Waals surface area (Å²) >= 11 is 0. The maximum Gasteiger partial charge on any atom is 0.355 e. The second kappa shape index (κ2) is 7.99. The molecule has 150 valence electrons. The zero-order valence-corrected chi connectivity index (χ0v) is 16.3. The first-order valence-corrected chi connectivity index (χ1v) is 10.5. The molecule has 3 rings (SSSR count). The summed E-state index contributed by atoms with van der Waals surface area (Å²) < 4.78 is 37.0. The number of ether oxygens (including phenoxy) is 2. The van der Waals surface area contributed by atoms with E-state index in [0.29, 0.717) is 26.2 Å². The van der Waals surface area contributed by atoms with Gasteiger partial charge in [-0.2, -0.15) is 4.31 Å². The highest BCUT2D eigenvalue weighted by Gasteiger charge is 2.30. The molecule has 0 spiro atoms. The SMILES string of the molecule is CC1CN(C(=O)COC(=O)c2cc(S(=O)(=O)N3CCCC3)c[nH]2)CC(C)O1. The number of aromatic amines is 1. The van der Waals surface area contributed by atoms with Crippen molar-refractivity contribution < 1.29 is 27.5 Å². The van der Waals surface area contributed by atoms with Crippen LogP contribution in [0.3, 0.4) is 0 Å². The van der Waals surface area contributed by atoms with Crippen LogP contribution in [0, 0.1) is 0 Å². The van der Waals surface area contributed by atoms with Gasteiger partial charge in [-0.15, -0.1) is 0 Å². The van der Waals surface area contributed by atoms with Gasteiger partial charge in [0.2, 0.25) is 10.0 Å². The molecule has 27 heavy (non-hydrogen) atoms. The van der Waals surface area contributed by atoms with E-state index in [1.807, 2.05) is 13.8 Å². The summed E-state index contributed by atoms with van der Waals surface area (Å²) in [6.45, 7) is 5.22. The predicted octanol–water partition coefficient (Wildman–Crippen LogP) is 0.592. The first-order valence-electron chi connectivity index (χ1n) is 9.06. The summed E-state index contributed by atoms with van der Waals surface area (Å²) in [4.78, 5) is 28.7. The molecule has 2 unspecified atom stereocenters. The molecule has 3 heterocycles. The Bertz CT molecular complexity index is 789. The number of nitrogens with zero attached hydrogens (tertiary/aromatic N) is 2. The molecular formula is C17H25N3O6S. The maximum absolute atomic E-state index is 12.5. The number of amides is 1. The summed E-state index contributed by atoms with van der Waals surface area (Å²) in [6.07, 6.45) is 2.79. The van der Waals surface area contributed by atoms with Gasteiger partial charge in [-0.3, -0.25) is 4.79 Å². The summed E-state index contributed by atoms with van der Waals surface area (Å²) in [5.41, 5.74) is 0.00397. The molecule has 2 fully saturated rings. The minimum atomic E-state index is -3.61. The monoisotopic (exact) mass is 399 g/mol. The van der Waals surface area contributed by atoms with Crippen LogP contribution >= 0.6 is 0 Å². The number of aromatic nitrogens is 1. The minimum Gasteiger partial charge on any atom is -0.451 e. The van der Waals surface area contributed by atoms with Crippen molar-refractivity contribution in [2.24, 2.45) is 0 Å². The van der Waals surface area contributed by atoms with Crippen molar-refractivity contribution in [2.75, 3.05) is 32.8 Å². The van der Waals surface area contributed by atoms with Crippen LogP contribution in [0.5, 0.6) is 0 Å². The van der Waals surface area contributed by atoms with Crippen molar-refractivity contribution in [2.45, 2.75) is 43.8 Å². The van der Waals surface area contributed by atoms with Crippen LogP contribution in [-0.2, 0) is 24.3 Å².